The number of thiazole rings is 1. The summed E-state index contributed by atoms with van der Waals surface area (Å²) in [7, 11) is -2.54. The fourth-order valence-corrected chi connectivity index (χ4v) is 5.83. The van der Waals surface area contributed by atoms with Gasteiger partial charge in [0.1, 0.15) is 4.21 Å². The second kappa shape index (κ2) is 8.55. The van der Waals surface area contributed by atoms with Crippen molar-refractivity contribution in [2.75, 3.05) is 18.9 Å². The number of amides is 1. The summed E-state index contributed by atoms with van der Waals surface area (Å²) in [6.07, 6.45) is 0. The molecule has 3 rings (SSSR count). The molecule has 0 saturated carbocycles. The molecule has 0 saturated heterocycles. The van der Waals surface area contributed by atoms with E-state index in [1.54, 1.807) is 17.5 Å². The summed E-state index contributed by atoms with van der Waals surface area (Å²) in [5.74, 6) is -0.571. The molecule has 0 unspecified atom stereocenters. The van der Waals surface area contributed by atoms with Crippen LogP contribution in [0.25, 0.3) is 11.3 Å². The number of anilines is 1. The molecule has 29 heavy (non-hydrogen) atoms. The summed E-state index contributed by atoms with van der Waals surface area (Å²) < 4.78 is 26.2. The summed E-state index contributed by atoms with van der Waals surface area (Å²) in [5.41, 5.74) is 0.926. The van der Waals surface area contributed by atoms with Crippen LogP contribution in [0.15, 0.2) is 46.0 Å². The lowest BCUT2D eigenvalue weighted by Crippen LogP contribution is -2.34. The Morgan fingerprint density at radius 1 is 1.34 bits per heavy atom. The van der Waals surface area contributed by atoms with E-state index in [1.165, 1.54) is 31.3 Å². The molecule has 0 atom stereocenters. The van der Waals surface area contributed by atoms with Crippen molar-refractivity contribution >= 4 is 61.0 Å². The van der Waals surface area contributed by atoms with E-state index in [-0.39, 0.29) is 15.0 Å². The van der Waals surface area contributed by atoms with Gasteiger partial charge < -0.3 is 5.32 Å². The molecule has 1 N–H and O–H groups in total. The molecule has 13 heteroatoms. The number of nitro benzene ring substituents is 1. The van der Waals surface area contributed by atoms with Gasteiger partial charge in [0, 0.05) is 30.1 Å². The molecule has 0 fully saturated rings. The monoisotopic (exact) mass is 472 g/mol. The van der Waals surface area contributed by atoms with Gasteiger partial charge in [0.15, 0.2) is 5.13 Å². The van der Waals surface area contributed by atoms with E-state index in [2.05, 4.69) is 10.3 Å². The SMILES string of the molecule is CN(CC(=O)Nc1nc(-c2cccc([N+](=O)[O-])c2)cs1)S(=O)(=O)c1ccc(Cl)s1. The van der Waals surface area contributed by atoms with Crippen molar-refractivity contribution in [3.8, 4) is 11.3 Å². The zero-order valence-corrected chi connectivity index (χ0v) is 17.9. The Hall–Kier alpha value is -2.38. The number of non-ortho nitro benzene ring substituents is 1. The number of carbonyl (C=O) groups excluding carboxylic acids is 1. The van der Waals surface area contributed by atoms with Crippen LogP contribution in [-0.4, -0.2) is 42.1 Å². The van der Waals surface area contributed by atoms with E-state index in [1.807, 2.05) is 0 Å². The second-order valence-corrected chi connectivity index (χ2v) is 10.6. The number of nitrogens with one attached hydrogen (secondary N) is 1. The van der Waals surface area contributed by atoms with Crippen molar-refractivity contribution in [3.05, 3.63) is 56.2 Å². The minimum absolute atomic E-state index is 0.0417. The predicted molar refractivity (Wildman–Crippen MR) is 112 cm³/mol. The lowest BCUT2D eigenvalue weighted by Gasteiger charge is -2.15. The third-order valence-electron chi connectivity index (χ3n) is 3.68. The highest BCUT2D eigenvalue weighted by Gasteiger charge is 2.25. The minimum Gasteiger partial charge on any atom is -0.301 e. The molecule has 0 aliphatic heterocycles. The van der Waals surface area contributed by atoms with Crippen LogP contribution in [-0.2, 0) is 14.8 Å². The predicted octanol–water partition coefficient (Wildman–Crippen LogP) is 3.69. The first-order chi connectivity index (χ1) is 13.7. The lowest BCUT2D eigenvalue weighted by molar-refractivity contribution is -0.384. The molecule has 1 aromatic carbocycles. The van der Waals surface area contributed by atoms with Gasteiger partial charge in [-0.05, 0) is 12.1 Å². The average Bonchev–Trinajstić information content (AvgIpc) is 3.31. The van der Waals surface area contributed by atoms with Crippen LogP contribution < -0.4 is 5.32 Å². The Balaban J connectivity index is 1.67. The van der Waals surface area contributed by atoms with E-state index < -0.39 is 27.4 Å². The molecule has 0 bridgehead atoms. The smallest absolute Gasteiger partial charge is 0.270 e. The summed E-state index contributed by atoms with van der Waals surface area (Å²) in [6.45, 7) is -0.413. The standard InChI is InChI=1S/C16H13ClN4O5S3/c1-20(29(25,26)15-6-5-13(17)28-15)8-14(22)19-16-18-12(9-27-16)10-3-2-4-11(7-10)21(23)24/h2-7,9H,8H2,1H3,(H,18,19,22). The van der Waals surface area contributed by atoms with Gasteiger partial charge in [-0.2, -0.15) is 4.31 Å². The lowest BCUT2D eigenvalue weighted by atomic mass is 10.1. The van der Waals surface area contributed by atoms with Crippen LogP contribution in [0, 0.1) is 10.1 Å². The first-order valence-corrected chi connectivity index (χ1v) is 11.4. The Morgan fingerprint density at radius 2 is 2.10 bits per heavy atom. The first-order valence-electron chi connectivity index (χ1n) is 7.88. The quantitative estimate of drug-likeness (QED) is 0.413. The zero-order valence-electron chi connectivity index (χ0n) is 14.7. The molecule has 9 nitrogen and oxygen atoms in total. The molecule has 2 aromatic heterocycles. The summed E-state index contributed by atoms with van der Waals surface area (Å²) in [5, 5.41) is 15.3. The van der Waals surface area contributed by atoms with E-state index >= 15 is 0 Å². The van der Waals surface area contributed by atoms with E-state index in [4.69, 9.17) is 11.6 Å². The largest absolute Gasteiger partial charge is 0.301 e. The average molecular weight is 473 g/mol. The highest BCUT2D eigenvalue weighted by atomic mass is 35.5. The Morgan fingerprint density at radius 3 is 2.76 bits per heavy atom. The van der Waals surface area contributed by atoms with E-state index in [9.17, 15) is 23.3 Å². The minimum atomic E-state index is -3.83. The van der Waals surface area contributed by atoms with Crippen molar-refractivity contribution < 1.29 is 18.1 Å². The van der Waals surface area contributed by atoms with Crippen molar-refractivity contribution in [2.24, 2.45) is 0 Å². The van der Waals surface area contributed by atoms with Gasteiger partial charge in [-0.1, -0.05) is 23.7 Å². The summed E-state index contributed by atoms with van der Waals surface area (Å²) >= 11 is 7.81. The molecular weight excluding hydrogens is 460 g/mol. The number of carbonyl (C=O) groups is 1. The third-order valence-corrected chi connectivity index (χ3v) is 7.94. The second-order valence-electron chi connectivity index (χ2n) is 5.71. The van der Waals surface area contributed by atoms with Gasteiger partial charge in [0.25, 0.3) is 15.7 Å². The van der Waals surface area contributed by atoms with Crippen LogP contribution in [0.3, 0.4) is 0 Å². The molecule has 3 aromatic rings. The number of aromatic nitrogens is 1. The van der Waals surface area contributed by atoms with E-state index in [0.29, 0.717) is 15.6 Å². The van der Waals surface area contributed by atoms with Gasteiger partial charge in [-0.15, -0.1) is 22.7 Å². The van der Waals surface area contributed by atoms with Crippen LogP contribution in [0.5, 0.6) is 0 Å². The fraction of sp³-hybridized carbons (Fsp3) is 0.125. The molecule has 2 heterocycles. The maximum absolute atomic E-state index is 12.4. The third kappa shape index (κ3) is 4.97. The molecule has 1 amide bonds. The van der Waals surface area contributed by atoms with Crippen LogP contribution in [0.2, 0.25) is 4.34 Å². The van der Waals surface area contributed by atoms with Crippen LogP contribution in [0.4, 0.5) is 10.8 Å². The number of nitrogens with zero attached hydrogens (tertiary/aromatic N) is 3. The molecule has 0 radical (unpaired) electrons. The Bertz CT molecular complexity index is 1170. The molecule has 152 valence electrons. The number of benzene rings is 1. The van der Waals surface area contributed by atoms with Gasteiger partial charge in [0.05, 0.1) is 21.5 Å². The molecule has 0 spiro atoms. The first kappa shape index (κ1) is 21.3. The number of hydrogen-bond acceptors (Lipinski definition) is 8. The zero-order chi connectivity index (χ0) is 21.2. The van der Waals surface area contributed by atoms with Crippen LogP contribution in [0.1, 0.15) is 0 Å². The van der Waals surface area contributed by atoms with Crippen molar-refractivity contribution in [1.29, 1.82) is 0 Å². The highest BCUT2D eigenvalue weighted by molar-refractivity contribution is 7.91. The molecular formula is C16H13ClN4O5S3. The maximum atomic E-state index is 12.4. The highest BCUT2D eigenvalue weighted by Crippen LogP contribution is 2.29. The normalized spacial score (nSPS) is 11.6. The number of thiophene rings is 1. The molecule has 0 aliphatic rings. The topological polar surface area (TPSA) is 123 Å². The van der Waals surface area contributed by atoms with Crippen molar-refractivity contribution in [2.45, 2.75) is 4.21 Å². The van der Waals surface area contributed by atoms with Gasteiger partial charge in [0.2, 0.25) is 5.91 Å². The van der Waals surface area contributed by atoms with Gasteiger partial charge >= 0.3 is 0 Å². The number of likely N-dealkylation sites (N-methyl/N-ethyl adjacent to an activating group) is 1. The Labute approximate surface area is 178 Å². The Kier molecular flexibility index (Phi) is 6.29. The van der Waals surface area contributed by atoms with Crippen LogP contribution >= 0.6 is 34.3 Å². The van der Waals surface area contributed by atoms with E-state index in [0.717, 1.165) is 27.0 Å². The van der Waals surface area contributed by atoms with Gasteiger partial charge in [-0.25, -0.2) is 13.4 Å². The number of sulfonamides is 1. The number of rotatable bonds is 7. The summed E-state index contributed by atoms with van der Waals surface area (Å²) in [6, 6.07) is 8.81. The number of hydrogen-bond donors (Lipinski definition) is 1. The molecule has 0 aliphatic carbocycles. The van der Waals surface area contributed by atoms with Gasteiger partial charge in [-0.3, -0.25) is 14.9 Å². The number of nitro groups is 1. The summed E-state index contributed by atoms with van der Waals surface area (Å²) in [4.78, 5) is 26.9. The fourth-order valence-electron chi connectivity index (χ4n) is 2.28. The van der Waals surface area contributed by atoms with Crippen molar-refractivity contribution in [1.82, 2.24) is 9.29 Å². The van der Waals surface area contributed by atoms with Crippen molar-refractivity contribution in [3.63, 3.8) is 0 Å². The number of halogens is 1. The maximum Gasteiger partial charge on any atom is 0.270 e.